The molecule has 0 aliphatic carbocycles. The largest absolute Gasteiger partial charge is 0.573 e. The van der Waals surface area contributed by atoms with Crippen molar-refractivity contribution in [3.8, 4) is 11.8 Å². The first-order valence-corrected chi connectivity index (χ1v) is 4.19. The molecule has 0 aromatic carbocycles. The van der Waals surface area contributed by atoms with E-state index in [1.54, 1.807) is 6.07 Å². The van der Waals surface area contributed by atoms with Crippen LogP contribution in [0.3, 0.4) is 0 Å². The van der Waals surface area contributed by atoms with Gasteiger partial charge in [-0.1, -0.05) is 0 Å². The number of alkyl halides is 3. The van der Waals surface area contributed by atoms with Crippen LogP contribution in [0, 0.1) is 18.3 Å². The zero-order chi connectivity index (χ0) is 12.3. The third-order valence-corrected chi connectivity index (χ3v) is 1.81. The maximum atomic E-state index is 11.9. The van der Waals surface area contributed by atoms with Crippen molar-refractivity contribution in [1.82, 2.24) is 4.98 Å². The zero-order valence-electron chi connectivity index (χ0n) is 8.18. The molecule has 1 rings (SSSR count). The van der Waals surface area contributed by atoms with Gasteiger partial charge in [-0.05, 0) is 18.6 Å². The quantitative estimate of drug-likeness (QED) is 0.842. The van der Waals surface area contributed by atoms with Gasteiger partial charge >= 0.3 is 6.36 Å². The Morgan fingerprint density at radius 3 is 2.69 bits per heavy atom. The summed E-state index contributed by atoms with van der Waals surface area (Å²) >= 11 is 0. The van der Waals surface area contributed by atoms with Crippen molar-refractivity contribution in [3.05, 3.63) is 27.7 Å². The van der Waals surface area contributed by atoms with Gasteiger partial charge in [0.05, 0.1) is 12.5 Å². The first-order chi connectivity index (χ1) is 7.33. The third kappa shape index (κ3) is 3.02. The number of rotatable bonds is 2. The first-order valence-electron chi connectivity index (χ1n) is 4.19. The van der Waals surface area contributed by atoms with E-state index in [0.29, 0.717) is 11.3 Å². The number of aromatic nitrogens is 1. The van der Waals surface area contributed by atoms with Gasteiger partial charge in [-0.15, -0.1) is 13.2 Å². The minimum atomic E-state index is -4.92. The highest BCUT2D eigenvalue weighted by molar-refractivity contribution is 5.30. The molecule has 0 saturated heterocycles. The smallest absolute Gasteiger partial charge is 0.400 e. The van der Waals surface area contributed by atoms with E-state index in [-0.39, 0.29) is 6.42 Å². The molecule has 0 saturated carbocycles. The van der Waals surface area contributed by atoms with Gasteiger partial charge in [0.15, 0.2) is 5.75 Å². The van der Waals surface area contributed by atoms with E-state index < -0.39 is 17.7 Å². The van der Waals surface area contributed by atoms with Crippen LogP contribution in [0.15, 0.2) is 10.9 Å². The zero-order valence-corrected chi connectivity index (χ0v) is 8.18. The Morgan fingerprint density at radius 1 is 1.56 bits per heavy atom. The summed E-state index contributed by atoms with van der Waals surface area (Å²) in [5, 5.41) is 8.43. The van der Waals surface area contributed by atoms with Gasteiger partial charge in [-0.25, -0.2) is 0 Å². The highest BCUT2D eigenvalue weighted by Gasteiger charge is 2.32. The maximum Gasteiger partial charge on any atom is 0.573 e. The Morgan fingerprint density at radius 2 is 2.19 bits per heavy atom. The van der Waals surface area contributed by atoms with Crippen molar-refractivity contribution < 1.29 is 17.9 Å². The van der Waals surface area contributed by atoms with E-state index in [2.05, 4.69) is 9.72 Å². The lowest BCUT2D eigenvalue weighted by molar-refractivity contribution is -0.275. The summed E-state index contributed by atoms with van der Waals surface area (Å²) in [6.07, 6.45) is -5.02. The predicted molar refractivity (Wildman–Crippen MR) is 47.8 cm³/mol. The van der Waals surface area contributed by atoms with Gasteiger partial charge in [0.1, 0.15) is 0 Å². The number of nitriles is 1. The molecule has 1 aromatic rings. The van der Waals surface area contributed by atoms with Crippen molar-refractivity contribution >= 4 is 0 Å². The number of pyridine rings is 1. The topological polar surface area (TPSA) is 65.9 Å². The molecule has 4 nitrogen and oxygen atoms in total. The molecular weight excluding hydrogens is 225 g/mol. The van der Waals surface area contributed by atoms with E-state index in [9.17, 15) is 18.0 Å². The van der Waals surface area contributed by atoms with Crippen LogP contribution < -0.4 is 10.3 Å². The molecule has 16 heavy (non-hydrogen) atoms. The number of hydrogen-bond donors (Lipinski definition) is 1. The van der Waals surface area contributed by atoms with E-state index in [1.165, 1.54) is 6.92 Å². The Kier molecular flexibility index (Phi) is 3.22. The summed E-state index contributed by atoms with van der Waals surface area (Å²) in [6.45, 7) is 1.49. The van der Waals surface area contributed by atoms with Crippen LogP contribution in [0.25, 0.3) is 0 Å². The molecule has 7 heteroatoms. The monoisotopic (exact) mass is 232 g/mol. The van der Waals surface area contributed by atoms with Gasteiger partial charge in [0.25, 0.3) is 5.56 Å². The second kappa shape index (κ2) is 4.26. The number of nitrogens with zero attached hydrogens (tertiary/aromatic N) is 1. The number of H-pyrrole nitrogens is 1. The summed E-state index contributed by atoms with van der Waals surface area (Å²) in [6, 6.07) is 2.70. The normalized spacial score (nSPS) is 10.9. The number of ether oxygens (including phenoxy) is 1. The molecule has 0 spiro atoms. The summed E-state index contributed by atoms with van der Waals surface area (Å²) < 4.78 is 39.2. The van der Waals surface area contributed by atoms with Crippen LogP contribution in [-0.2, 0) is 6.42 Å². The molecule has 0 unspecified atom stereocenters. The average molecular weight is 232 g/mol. The first kappa shape index (κ1) is 12.1. The van der Waals surface area contributed by atoms with Crippen LogP contribution in [0.4, 0.5) is 13.2 Å². The molecule has 1 N–H and O–H groups in total. The van der Waals surface area contributed by atoms with Gasteiger partial charge in [0.2, 0.25) is 0 Å². The molecule has 1 heterocycles. The van der Waals surface area contributed by atoms with E-state index in [0.717, 1.165) is 6.07 Å². The van der Waals surface area contributed by atoms with E-state index in [1.807, 2.05) is 0 Å². The Balaban J connectivity index is 3.16. The lowest BCUT2D eigenvalue weighted by atomic mass is 10.1. The van der Waals surface area contributed by atoms with Crippen molar-refractivity contribution in [3.63, 3.8) is 0 Å². The lowest BCUT2D eigenvalue weighted by Gasteiger charge is -2.09. The minimum Gasteiger partial charge on any atom is -0.400 e. The van der Waals surface area contributed by atoms with Crippen molar-refractivity contribution in [2.24, 2.45) is 0 Å². The fourth-order valence-corrected chi connectivity index (χ4v) is 1.11. The molecule has 0 bridgehead atoms. The number of aromatic amines is 1. The molecule has 1 aromatic heterocycles. The minimum absolute atomic E-state index is 0.100. The van der Waals surface area contributed by atoms with Crippen LogP contribution in [0.2, 0.25) is 0 Å². The van der Waals surface area contributed by atoms with Crippen molar-refractivity contribution in [1.29, 1.82) is 5.26 Å². The van der Waals surface area contributed by atoms with Gasteiger partial charge < -0.3 is 9.72 Å². The third-order valence-electron chi connectivity index (χ3n) is 1.81. The van der Waals surface area contributed by atoms with E-state index >= 15 is 0 Å². The molecular formula is C9H7F3N2O2. The van der Waals surface area contributed by atoms with Gasteiger partial charge in [-0.3, -0.25) is 4.79 Å². The Hall–Kier alpha value is -1.97. The molecule has 0 radical (unpaired) electrons. The van der Waals surface area contributed by atoms with Crippen molar-refractivity contribution in [2.75, 3.05) is 0 Å². The van der Waals surface area contributed by atoms with Crippen LogP contribution in [0.1, 0.15) is 11.3 Å². The average Bonchev–Trinajstić information content (AvgIpc) is 2.11. The second-order valence-electron chi connectivity index (χ2n) is 3.00. The standard InChI is InChI=1S/C9H7F3N2O2/c1-5-6(2-3-13)4-7(8(15)14-5)16-9(10,11)12/h4H,2H2,1H3,(H,14,15). The molecule has 0 atom stereocenters. The molecule has 86 valence electrons. The number of halogens is 3. The summed E-state index contributed by atoms with van der Waals surface area (Å²) in [7, 11) is 0. The molecule has 0 aliphatic heterocycles. The summed E-state index contributed by atoms with van der Waals surface area (Å²) in [5.41, 5.74) is -0.334. The molecule has 0 aliphatic rings. The van der Waals surface area contributed by atoms with Crippen LogP contribution in [-0.4, -0.2) is 11.3 Å². The van der Waals surface area contributed by atoms with E-state index in [4.69, 9.17) is 5.26 Å². The Labute approximate surface area is 88.3 Å². The SMILES string of the molecule is Cc1[nH]c(=O)c(OC(F)(F)F)cc1CC#N. The number of hydrogen-bond acceptors (Lipinski definition) is 3. The van der Waals surface area contributed by atoms with Gasteiger partial charge in [-0.2, -0.15) is 5.26 Å². The summed E-state index contributed by atoms with van der Waals surface area (Å²) in [5.74, 6) is -0.858. The van der Waals surface area contributed by atoms with Crippen molar-refractivity contribution in [2.45, 2.75) is 19.7 Å². The highest BCUT2D eigenvalue weighted by Crippen LogP contribution is 2.20. The summed E-state index contributed by atoms with van der Waals surface area (Å²) in [4.78, 5) is 13.3. The van der Waals surface area contributed by atoms with Crippen LogP contribution >= 0.6 is 0 Å². The maximum absolute atomic E-state index is 11.9. The number of nitrogens with one attached hydrogen (secondary N) is 1. The highest BCUT2D eigenvalue weighted by atomic mass is 19.4. The fourth-order valence-electron chi connectivity index (χ4n) is 1.11. The predicted octanol–water partition coefficient (Wildman–Crippen LogP) is 1.65. The second-order valence-corrected chi connectivity index (χ2v) is 3.00. The molecule has 0 amide bonds. The van der Waals surface area contributed by atoms with Crippen LogP contribution in [0.5, 0.6) is 5.75 Å². The fraction of sp³-hybridized carbons (Fsp3) is 0.333. The van der Waals surface area contributed by atoms with Gasteiger partial charge in [0, 0.05) is 5.69 Å². The molecule has 0 fully saturated rings. The lowest BCUT2D eigenvalue weighted by Crippen LogP contribution is -2.23. The Bertz CT molecular complexity index is 485. The number of aryl methyl sites for hydroxylation is 1.